The van der Waals surface area contributed by atoms with Gasteiger partial charge in [-0.05, 0) is 23.1 Å². The Hall–Kier alpha value is -1.65. The van der Waals surface area contributed by atoms with E-state index in [-0.39, 0.29) is 5.91 Å². The molecule has 1 aromatic heterocycles. The van der Waals surface area contributed by atoms with E-state index in [1.165, 1.54) is 0 Å². The molecule has 94 valence electrons. The lowest BCUT2D eigenvalue weighted by Crippen LogP contribution is -2.23. The van der Waals surface area contributed by atoms with Gasteiger partial charge in [0.05, 0.1) is 13.2 Å². The largest absolute Gasteiger partial charge is 0.380 e. The molecule has 1 N–H and O–H groups in total. The van der Waals surface area contributed by atoms with Crippen LogP contribution in [0.4, 0.5) is 0 Å². The van der Waals surface area contributed by atoms with Crippen molar-refractivity contribution in [2.75, 3.05) is 7.11 Å². The van der Waals surface area contributed by atoms with E-state index < -0.39 is 0 Å². The van der Waals surface area contributed by atoms with Crippen molar-refractivity contribution >= 4 is 17.2 Å². The van der Waals surface area contributed by atoms with Crippen molar-refractivity contribution in [3.63, 3.8) is 0 Å². The Morgan fingerprint density at radius 1 is 1.28 bits per heavy atom. The summed E-state index contributed by atoms with van der Waals surface area (Å²) < 4.78 is 5.09. The number of thiophene rings is 1. The second kappa shape index (κ2) is 6.33. The van der Waals surface area contributed by atoms with Crippen LogP contribution in [0, 0.1) is 0 Å². The molecule has 0 spiro atoms. The van der Waals surface area contributed by atoms with Crippen LogP contribution in [0.5, 0.6) is 0 Å². The van der Waals surface area contributed by atoms with Crippen molar-refractivity contribution in [3.8, 4) is 0 Å². The van der Waals surface area contributed by atoms with Gasteiger partial charge in [-0.25, -0.2) is 0 Å². The first-order valence-corrected chi connectivity index (χ1v) is 6.56. The summed E-state index contributed by atoms with van der Waals surface area (Å²) >= 11 is 1.64. The summed E-state index contributed by atoms with van der Waals surface area (Å²) in [5.74, 6) is -0.0592. The van der Waals surface area contributed by atoms with Gasteiger partial charge >= 0.3 is 0 Å². The van der Waals surface area contributed by atoms with Gasteiger partial charge in [-0.2, -0.15) is 0 Å². The van der Waals surface area contributed by atoms with Crippen LogP contribution in [0.25, 0.3) is 0 Å². The Bertz CT molecular complexity index is 508. The topological polar surface area (TPSA) is 38.3 Å². The quantitative estimate of drug-likeness (QED) is 0.898. The van der Waals surface area contributed by atoms with E-state index >= 15 is 0 Å². The summed E-state index contributed by atoms with van der Waals surface area (Å²) in [6, 6.07) is 11.5. The van der Waals surface area contributed by atoms with Crippen molar-refractivity contribution in [1.29, 1.82) is 0 Å². The predicted molar refractivity (Wildman–Crippen MR) is 72.6 cm³/mol. The summed E-state index contributed by atoms with van der Waals surface area (Å²) in [5, 5.41) is 4.92. The minimum atomic E-state index is -0.0592. The summed E-state index contributed by atoms with van der Waals surface area (Å²) in [6.45, 7) is 1.01. The van der Waals surface area contributed by atoms with Crippen molar-refractivity contribution in [2.45, 2.75) is 13.2 Å². The molecule has 0 saturated carbocycles. The van der Waals surface area contributed by atoms with Crippen molar-refractivity contribution in [2.24, 2.45) is 0 Å². The molecule has 0 fully saturated rings. The Labute approximate surface area is 110 Å². The number of nitrogens with one attached hydrogen (secondary N) is 1. The number of hydrogen-bond donors (Lipinski definition) is 1. The lowest BCUT2D eigenvalue weighted by Gasteiger charge is -2.08. The van der Waals surface area contributed by atoms with Crippen LogP contribution >= 0.6 is 11.3 Å². The van der Waals surface area contributed by atoms with E-state index in [2.05, 4.69) is 5.32 Å². The first-order valence-electron chi connectivity index (χ1n) is 5.68. The minimum absolute atomic E-state index is 0.0592. The predicted octanol–water partition coefficient (Wildman–Crippen LogP) is 2.82. The van der Waals surface area contributed by atoms with Gasteiger partial charge in [0, 0.05) is 17.6 Å². The minimum Gasteiger partial charge on any atom is -0.380 e. The molecule has 0 bridgehead atoms. The maximum absolute atomic E-state index is 12.1. The van der Waals surface area contributed by atoms with Gasteiger partial charge in [-0.3, -0.25) is 4.79 Å². The fourth-order valence-corrected chi connectivity index (χ4v) is 2.34. The highest BCUT2D eigenvalue weighted by atomic mass is 32.1. The smallest absolute Gasteiger partial charge is 0.251 e. The van der Waals surface area contributed by atoms with Crippen LogP contribution in [-0.4, -0.2) is 13.0 Å². The Morgan fingerprint density at radius 3 is 2.83 bits per heavy atom. The average molecular weight is 261 g/mol. The summed E-state index contributed by atoms with van der Waals surface area (Å²) in [7, 11) is 1.63. The van der Waals surface area contributed by atoms with Gasteiger partial charge in [0.2, 0.25) is 0 Å². The first kappa shape index (κ1) is 12.8. The molecule has 1 aromatic carbocycles. The molecule has 2 aromatic rings. The molecule has 0 aliphatic heterocycles. The molecule has 0 saturated heterocycles. The van der Waals surface area contributed by atoms with E-state index in [9.17, 15) is 4.79 Å². The molecule has 0 aliphatic carbocycles. The summed E-state index contributed by atoms with van der Waals surface area (Å²) in [4.78, 5) is 13.2. The number of carbonyl (C=O) groups excluding carboxylic acids is 1. The number of carbonyl (C=O) groups is 1. The van der Waals surface area contributed by atoms with Crippen LogP contribution in [0.3, 0.4) is 0 Å². The molecule has 0 radical (unpaired) electrons. The SMILES string of the molecule is COCc1ccccc1C(=O)NCc1cccs1. The Kier molecular flexibility index (Phi) is 4.50. The lowest BCUT2D eigenvalue weighted by molar-refractivity contribution is 0.0946. The summed E-state index contributed by atoms with van der Waals surface area (Å²) in [5.41, 5.74) is 1.58. The number of rotatable bonds is 5. The van der Waals surface area contributed by atoms with Crippen LogP contribution in [-0.2, 0) is 17.9 Å². The van der Waals surface area contributed by atoms with Crippen LogP contribution in [0.1, 0.15) is 20.8 Å². The molecule has 1 heterocycles. The number of hydrogen-bond acceptors (Lipinski definition) is 3. The maximum Gasteiger partial charge on any atom is 0.251 e. The fourth-order valence-electron chi connectivity index (χ4n) is 1.70. The molecule has 4 heteroatoms. The van der Waals surface area contributed by atoms with E-state index in [0.29, 0.717) is 18.7 Å². The number of benzene rings is 1. The molecule has 0 aliphatic rings. The van der Waals surface area contributed by atoms with Crippen molar-refractivity contribution in [1.82, 2.24) is 5.32 Å². The molecular weight excluding hydrogens is 246 g/mol. The zero-order valence-electron chi connectivity index (χ0n) is 10.2. The van der Waals surface area contributed by atoms with Gasteiger partial charge in [0.1, 0.15) is 0 Å². The molecule has 0 atom stereocenters. The number of methoxy groups -OCH3 is 1. The molecule has 18 heavy (non-hydrogen) atoms. The standard InChI is InChI=1S/C14H15NO2S/c1-17-10-11-5-2-3-7-13(11)14(16)15-9-12-6-4-8-18-12/h2-8H,9-10H2,1H3,(H,15,16). The van der Waals surface area contributed by atoms with Gasteiger partial charge in [0.15, 0.2) is 0 Å². The molecular formula is C14H15NO2S. The number of amides is 1. The zero-order valence-corrected chi connectivity index (χ0v) is 11.0. The molecule has 0 unspecified atom stereocenters. The van der Waals surface area contributed by atoms with Gasteiger partial charge in [-0.1, -0.05) is 24.3 Å². The molecule has 1 amide bonds. The monoisotopic (exact) mass is 261 g/mol. The first-order chi connectivity index (χ1) is 8.81. The van der Waals surface area contributed by atoms with Gasteiger partial charge in [0.25, 0.3) is 5.91 Å². The molecule has 3 nitrogen and oxygen atoms in total. The normalized spacial score (nSPS) is 10.3. The van der Waals surface area contributed by atoms with Crippen LogP contribution in [0.2, 0.25) is 0 Å². The van der Waals surface area contributed by atoms with E-state index in [1.54, 1.807) is 18.4 Å². The second-order valence-corrected chi connectivity index (χ2v) is 4.88. The third kappa shape index (κ3) is 3.18. The zero-order chi connectivity index (χ0) is 12.8. The van der Waals surface area contributed by atoms with Crippen LogP contribution in [0.15, 0.2) is 41.8 Å². The number of ether oxygens (including phenoxy) is 1. The second-order valence-electron chi connectivity index (χ2n) is 3.85. The van der Waals surface area contributed by atoms with Crippen LogP contribution < -0.4 is 5.32 Å². The molecule has 2 rings (SSSR count). The third-order valence-electron chi connectivity index (χ3n) is 2.57. The van der Waals surface area contributed by atoms with E-state index in [4.69, 9.17) is 4.74 Å². The third-order valence-corrected chi connectivity index (χ3v) is 3.44. The highest BCUT2D eigenvalue weighted by molar-refractivity contribution is 7.09. The Balaban J connectivity index is 2.04. The average Bonchev–Trinajstić information content (AvgIpc) is 2.90. The lowest BCUT2D eigenvalue weighted by atomic mass is 10.1. The van der Waals surface area contributed by atoms with Gasteiger partial charge in [-0.15, -0.1) is 11.3 Å². The summed E-state index contributed by atoms with van der Waals surface area (Å²) in [6.07, 6.45) is 0. The highest BCUT2D eigenvalue weighted by Gasteiger charge is 2.10. The van der Waals surface area contributed by atoms with Crippen molar-refractivity contribution in [3.05, 3.63) is 57.8 Å². The Morgan fingerprint density at radius 2 is 2.11 bits per heavy atom. The van der Waals surface area contributed by atoms with E-state index in [1.807, 2.05) is 41.8 Å². The maximum atomic E-state index is 12.1. The van der Waals surface area contributed by atoms with Gasteiger partial charge < -0.3 is 10.1 Å². The van der Waals surface area contributed by atoms with E-state index in [0.717, 1.165) is 10.4 Å². The highest BCUT2D eigenvalue weighted by Crippen LogP contribution is 2.11. The van der Waals surface area contributed by atoms with Crippen molar-refractivity contribution < 1.29 is 9.53 Å². The fraction of sp³-hybridized carbons (Fsp3) is 0.214.